The van der Waals surface area contributed by atoms with Crippen LogP contribution in [0.1, 0.15) is 6.42 Å². The minimum Gasteiger partial charge on any atom is -0.394 e. The second-order valence-corrected chi connectivity index (χ2v) is 3.83. The second-order valence-electron chi connectivity index (χ2n) is 3.83. The molecular weight excluding hydrogens is 182 g/mol. The molecule has 1 aliphatic rings. The first-order valence-corrected chi connectivity index (χ1v) is 5.28. The Morgan fingerprint density at radius 1 is 1.50 bits per heavy atom. The summed E-state index contributed by atoms with van der Waals surface area (Å²) >= 11 is 0. The zero-order valence-electron chi connectivity index (χ0n) is 8.95. The van der Waals surface area contributed by atoms with Gasteiger partial charge in [-0.1, -0.05) is 0 Å². The highest BCUT2D eigenvalue weighted by Crippen LogP contribution is 2.12. The topological polar surface area (TPSA) is 41.9 Å². The van der Waals surface area contributed by atoms with E-state index in [1.807, 2.05) is 0 Å². The maximum Gasteiger partial charge on any atom is 0.0698 e. The number of rotatable bonds is 7. The molecule has 0 aromatic rings. The molecule has 1 atom stereocenters. The van der Waals surface area contributed by atoms with E-state index in [2.05, 4.69) is 11.9 Å². The number of ether oxygens (including phenoxy) is 2. The fourth-order valence-electron chi connectivity index (χ4n) is 1.65. The van der Waals surface area contributed by atoms with Crippen molar-refractivity contribution in [2.45, 2.75) is 6.42 Å². The Bertz CT molecular complexity index is 137. The second kappa shape index (κ2) is 7.17. The summed E-state index contributed by atoms with van der Waals surface area (Å²) in [5.41, 5.74) is 0. The normalized spacial score (nSPS) is 22.1. The minimum absolute atomic E-state index is 0.111. The molecule has 0 radical (unpaired) electrons. The third kappa shape index (κ3) is 4.91. The summed E-state index contributed by atoms with van der Waals surface area (Å²) in [6.45, 7) is 5.09. The Balaban J connectivity index is 1.95. The van der Waals surface area contributed by atoms with Crippen molar-refractivity contribution in [3.63, 3.8) is 0 Å². The molecular formula is C10H21NO3. The highest BCUT2D eigenvalue weighted by molar-refractivity contribution is 4.67. The molecule has 1 N–H and O–H groups in total. The number of hydrogen-bond acceptors (Lipinski definition) is 4. The largest absolute Gasteiger partial charge is 0.394 e. The van der Waals surface area contributed by atoms with Crippen LogP contribution in [-0.4, -0.2) is 63.2 Å². The first kappa shape index (κ1) is 11.9. The van der Waals surface area contributed by atoms with Crippen molar-refractivity contribution >= 4 is 0 Å². The number of likely N-dealkylation sites (N-methyl/N-ethyl adjacent to an activating group) is 1. The van der Waals surface area contributed by atoms with Gasteiger partial charge in [0, 0.05) is 19.7 Å². The van der Waals surface area contributed by atoms with E-state index in [9.17, 15) is 0 Å². The van der Waals surface area contributed by atoms with Crippen molar-refractivity contribution in [3.05, 3.63) is 0 Å². The quantitative estimate of drug-likeness (QED) is 0.590. The molecule has 4 heteroatoms. The van der Waals surface area contributed by atoms with Crippen molar-refractivity contribution in [2.24, 2.45) is 5.92 Å². The van der Waals surface area contributed by atoms with Gasteiger partial charge in [-0.3, -0.25) is 0 Å². The van der Waals surface area contributed by atoms with E-state index in [0.717, 1.165) is 26.3 Å². The van der Waals surface area contributed by atoms with Crippen LogP contribution < -0.4 is 0 Å². The van der Waals surface area contributed by atoms with Crippen LogP contribution in [0.25, 0.3) is 0 Å². The van der Waals surface area contributed by atoms with Crippen molar-refractivity contribution in [3.8, 4) is 0 Å². The van der Waals surface area contributed by atoms with Crippen LogP contribution in [0, 0.1) is 5.92 Å². The molecule has 1 rings (SSSR count). The van der Waals surface area contributed by atoms with Crippen molar-refractivity contribution in [1.82, 2.24) is 4.90 Å². The van der Waals surface area contributed by atoms with Crippen LogP contribution in [0.2, 0.25) is 0 Å². The Labute approximate surface area is 85.8 Å². The molecule has 14 heavy (non-hydrogen) atoms. The fraction of sp³-hybridized carbons (Fsp3) is 1.00. The molecule has 0 spiro atoms. The molecule has 1 fully saturated rings. The third-order valence-electron chi connectivity index (χ3n) is 2.45. The number of aliphatic hydroxyl groups is 1. The summed E-state index contributed by atoms with van der Waals surface area (Å²) in [7, 11) is 2.10. The van der Waals surface area contributed by atoms with Gasteiger partial charge < -0.3 is 19.5 Å². The SMILES string of the molecule is CN(CCOCCO)CC1CCOC1. The zero-order chi connectivity index (χ0) is 10.2. The van der Waals surface area contributed by atoms with Crippen LogP contribution in [0.3, 0.4) is 0 Å². The van der Waals surface area contributed by atoms with E-state index in [0.29, 0.717) is 19.1 Å². The summed E-state index contributed by atoms with van der Waals surface area (Å²) < 4.78 is 10.5. The maximum atomic E-state index is 8.51. The lowest BCUT2D eigenvalue weighted by atomic mass is 10.1. The molecule has 0 saturated carbocycles. The van der Waals surface area contributed by atoms with Crippen LogP contribution in [0.15, 0.2) is 0 Å². The molecule has 1 saturated heterocycles. The maximum absolute atomic E-state index is 8.51. The molecule has 0 aliphatic carbocycles. The Kier molecular flexibility index (Phi) is 6.10. The van der Waals surface area contributed by atoms with E-state index < -0.39 is 0 Å². The molecule has 0 bridgehead atoms. The van der Waals surface area contributed by atoms with Gasteiger partial charge in [-0.25, -0.2) is 0 Å². The van der Waals surface area contributed by atoms with Crippen LogP contribution in [0.4, 0.5) is 0 Å². The van der Waals surface area contributed by atoms with Gasteiger partial charge >= 0.3 is 0 Å². The van der Waals surface area contributed by atoms with Crippen molar-refractivity contribution in [1.29, 1.82) is 0 Å². The average Bonchev–Trinajstić information content (AvgIpc) is 2.65. The smallest absolute Gasteiger partial charge is 0.0698 e. The Hall–Kier alpha value is -0.160. The van der Waals surface area contributed by atoms with Gasteiger partial charge in [-0.05, 0) is 19.4 Å². The summed E-state index contributed by atoms with van der Waals surface area (Å²) in [5, 5.41) is 8.51. The molecule has 4 nitrogen and oxygen atoms in total. The van der Waals surface area contributed by atoms with Gasteiger partial charge in [0.2, 0.25) is 0 Å². The summed E-state index contributed by atoms with van der Waals surface area (Å²) in [4.78, 5) is 2.26. The average molecular weight is 203 g/mol. The molecule has 1 unspecified atom stereocenters. The molecule has 84 valence electrons. The van der Waals surface area contributed by atoms with E-state index in [1.165, 1.54) is 6.42 Å². The first-order valence-electron chi connectivity index (χ1n) is 5.28. The van der Waals surface area contributed by atoms with Crippen molar-refractivity contribution in [2.75, 3.05) is 53.2 Å². The monoisotopic (exact) mass is 203 g/mol. The van der Waals surface area contributed by atoms with E-state index in [-0.39, 0.29) is 6.61 Å². The fourth-order valence-corrected chi connectivity index (χ4v) is 1.65. The lowest BCUT2D eigenvalue weighted by Gasteiger charge is -2.19. The molecule has 0 aromatic carbocycles. The van der Waals surface area contributed by atoms with Gasteiger partial charge in [0.15, 0.2) is 0 Å². The van der Waals surface area contributed by atoms with Crippen molar-refractivity contribution < 1.29 is 14.6 Å². The van der Waals surface area contributed by atoms with Crippen LogP contribution in [-0.2, 0) is 9.47 Å². The van der Waals surface area contributed by atoms with E-state index in [4.69, 9.17) is 14.6 Å². The van der Waals surface area contributed by atoms with Gasteiger partial charge in [0.1, 0.15) is 0 Å². The Morgan fingerprint density at radius 2 is 2.36 bits per heavy atom. The standard InChI is InChI=1S/C10H21NO3/c1-11(3-6-13-7-4-12)8-10-2-5-14-9-10/h10,12H,2-9H2,1H3. The summed E-state index contributed by atoms with van der Waals surface area (Å²) in [5.74, 6) is 0.692. The van der Waals surface area contributed by atoms with Gasteiger partial charge in [-0.2, -0.15) is 0 Å². The lowest BCUT2D eigenvalue weighted by Crippen LogP contribution is -2.29. The highest BCUT2D eigenvalue weighted by atomic mass is 16.5. The molecule has 0 amide bonds. The minimum atomic E-state index is 0.111. The van der Waals surface area contributed by atoms with E-state index in [1.54, 1.807) is 0 Å². The predicted octanol–water partition coefficient (Wildman–Crippen LogP) is -0.0364. The summed E-state index contributed by atoms with van der Waals surface area (Å²) in [6, 6.07) is 0. The lowest BCUT2D eigenvalue weighted by molar-refractivity contribution is 0.0749. The Morgan fingerprint density at radius 3 is 3.00 bits per heavy atom. The molecule has 1 aliphatic heterocycles. The van der Waals surface area contributed by atoms with Crippen LogP contribution >= 0.6 is 0 Å². The predicted molar refractivity (Wildman–Crippen MR) is 54.3 cm³/mol. The molecule has 1 heterocycles. The van der Waals surface area contributed by atoms with Gasteiger partial charge in [0.05, 0.1) is 26.4 Å². The van der Waals surface area contributed by atoms with Crippen LogP contribution in [0.5, 0.6) is 0 Å². The number of hydrogen-bond donors (Lipinski definition) is 1. The highest BCUT2D eigenvalue weighted by Gasteiger charge is 2.16. The van der Waals surface area contributed by atoms with Gasteiger partial charge in [-0.15, -0.1) is 0 Å². The first-order chi connectivity index (χ1) is 6.83. The number of nitrogens with zero attached hydrogens (tertiary/aromatic N) is 1. The summed E-state index contributed by atoms with van der Waals surface area (Å²) in [6.07, 6.45) is 1.18. The third-order valence-corrected chi connectivity index (χ3v) is 2.45. The zero-order valence-corrected chi connectivity index (χ0v) is 8.95. The number of aliphatic hydroxyl groups excluding tert-OH is 1. The van der Waals surface area contributed by atoms with Gasteiger partial charge in [0.25, 0.3) is 0 Å². The van der Waals surface area contributed by atoms with E-state index >= 15 is 0 Å². The molecule has 0 aromatic heterocycles.